The van der Waals surface area contributed by atoms with Gasteiger partial charge >= 0.3 is 0 Å². The number of rotatable bonds is 7. The molecule has 5 aliphatic rings. The van der Waals surface area contributed by atoms with E-state index in [1.165, 1.54) is 4.90 Å². The van der Waals surface area contributed by atoms with E-state index in [2.05, 4.69) is 16.1 Å². The minimum atomic E-state index is -3.11. The molecule has 9 atom stereocenters. The second-order valence-corrected chi connectivity index (χ2v) is 13.3. The number of hydrazine groups is 1. The highest BCUT2D eigenvalue weighted by Gasteiger charge is 2.62. The summed E-state index contributed by atoms with van der Waals surface area (Å²) in [5, 5.41) is 6.01. The summed E-state index contributed by atoms with van der Waals surface area (Å²) in [6, 6.07) is -2.22. The lowest BCUT2D eigenvalue weighted by atomic mass is 9.85. The number of piperidine rings is 1. The van der Waals surface area contributed by atoms with E-state index in [9.17, 15) is 37.1 Å². The number of nitrogens with one attached hydrogen (secondary N) is 3. The van der Waals surface area contributed by atoms with Crippen LogP contribution in [0.2, 0.25) is 0 Å². The summed E-state index contributed by atoms with van der Waals surface area (Å²) in [5.74, 6) is -9.27. The van der Waals surface area contributed by atoms with Gasteiger partial charge in [0, 0.05) is 19.0 Å². The predicted octanol–water partition coefficient (Wildman–Crippen LogP) is 1.33. The molecule has 3 aliphatic carbocycles. The summed E-state index contributed by atoms with van der Waals surface area (Å²) in [7, 11) is 0. The van der Waals surface area contributed by atoms with Gasteiger partial charge in [0.15, 0.2) is 0 Å². The van der Waals surface area contributed by atoms with Gasteiger partial charge in [-0.05, 0) is 42.4 Å². The number of nitrogens with zero attached hydrogens (tertiary/aromatic N) is 2. The summed E-state index contributed by atoms with van der Waals surface area (Å²) in [6.45, 7) is 5.01. The first-order chi connectivity index (χ1) is 18.6. The molecule has 5 rings (SSSR count). The number of hydrogen-bond acceptors (Lipinski definition) is 5. The molecule has 5 fully saturated rings. The van der Waals surface area contributed by atoms with E-state index in [0.717, 1.165) is 24.3 Å². The maximum absolute atomic E-state index is 13.9. The Kier molecular flexibility index (Phi) is 7.28. The Morgan fingerprint density at radius 2 is 1.85 bits per heavy atom. The fraction of sp³-hybridized carbons (Fsp3) is 0.808. The van der Waals surface area contributed by atoms with Crippen molar-refractivity contribution in [2.45, 2.75) is 82.6 Å². The Bertz CT molecular complexity index is 1120. The van der Waals surface area contributed by atoms with Crippen LogP contribution in [0, 0.1) is 35.0 Å². The smallest absolute Gasteiger partial charge is 0.291 e. The summed E-state index contributed by atoms with van der Waals surface area (Å²) in [4.78, 5) is 66.5. The van der Waals surface area contributed by atoms with E-state index in [-0.39, 0.29) is 42.8 Å². The Morgan fingerprint density at radius 1 is 1.18 bits per heavy atom. The third kappa shape index (κ3) is 5.37. The molecule has 14 heteroatoms. The first-order valence-corrected chi connectivity index (χ1v) is 14.2. The first-order valence-electron chi connectivity index (χ1n) is 13.8. The lowest BCUT2D eigenvalue weighted by molar-refractivity contribution is -0.151. The number of alkyl halides is 4. The van der Waals surface area contributed by atoms with E-state index < -0.39 is 70.9 Å². The number of amides is 5. The minimum Gasteiger partial charge on any atom is -0.353 e. The number of likely N-dealkylation sites (tertiary alicyclic amines) is 1. The van der Waals surface area contributed by atoms with Gasteiger partial charge in [0.2, 0.25) is 17.7 Å². The van der Waals surface area contributed by atoms with E-state index >= 15 is 0 Å². The Hall–Kier alpha value is -2.57. The van der Waals surface area contributed by atoms with Gasteiger partial charge in [0.1, 0.15) is 18.0 Å². The van der Waals surface area contributed by atoms with Crippen LogP contribution in [0.3, 0.4) is 0 Å². The van der Waals surface area contributed by atoms with Crippen molar-refractivity contribution in [3.8, 4) is 0 Å². The average Bonchev–Trinajstić information content (AvgIpc) is 3.54. The molecule has 3 N–H and O–H groups in total. The predicted molar refractivity (Wildman–Crippen MR) is 135 cm³/mol. The molecule has 2 aliphatic heterocycles. The molecule has 0 aromatic heterocycles. The SMILES string of the molecule is CC(C)(C)[C@H](NC(=O)[C@@H]1CC1(F)F)C(=O)N1C[C@@H]2CCC[C@@H]2[C@H]1C(=O)NN(C[C@H]1C(=O)N[C@@H]2C[C@@H]21)C(=O)[C@H](F)Cl. The molecule has 0 bridgehead atoms. The normalized spacial score (nSPS) is 34.7. The average molecular weight is 590 g/mol. The highest BCUT2D eigenvalue weighted by atomic mass is 35.5. The van der Waals surface area contributed by atoms with Gasteiger partial charge in [-0.1, -0.05) is 38.8 Å². The van der Waals surface area contributed by atoms with Crippen molar-refractivity contribution in [2.24, 2.45) is 35.0 Å². The Morgan fingerprint density at radius 3 is 2.40 bits per heavy atom. The van der Waals surface area contributed by atoms with Crippen LogP contribution in [0.4, 0.5) is 13.2 Å². The van der Waals surface area contributed by atoms with Crippen LogP contribution in [0.25, 0.3) is 0 Å². The standard InChI is InChI=1S/C26H35ClF3N5O5/c1-25(2,3)18(32-21(37)15-8-26(15,29)30)23(39)34-9-11-5-4-6-12(11)17(34)22(38)33-35(24(40)19(27)28)10-14-13-7-16(13)31-20(14)36/h11-19H,4-10H2,1-3H3,(H,31,36)(H,32,37)(H,33,38)/t11-,12-,13+,14+,15-,16+,17-,18+,19-/m0/s1. The number of halogens is 4. The minimum absolute atomic E-state index is 0.00431. The molecule has 222 valence electrons. The van der Waals surface area contributed by atoms with E-state index in [1.54, 1.807) is 20.8 Å². The van der Waals surface area contributed by atoms with Crippen molar-refractivity contribution in [3.05, 3.63) is 0 Å². The van der Waals surface area contributed by atoms with Crippen LogP contribution < -0.4 is 16.1 Å². The van der Waals surface area contributed by atoms with Crippen molar-refractivity contribution >= 4 is 41.1 Å². The maximum Gasteiger partial charge on any atom is 0.291 e. The lowest BCUT2D eigenvalue weighted by Gasteiger charge is -2.37. The molecule has 40 heavy (non-hydrogen) atoms. The molecule has 10 nitrogen and oxygen atoms in total. The van der Waals surface area contributed by atoms with Crippen molar-refractivity contribution in [1.82, 2.24) is 26.0 Å². The Balaban J connectivity index is 1.36. The number of hydrogen-bond donors (Lipinski definition) is 3. The topological polar surface area (TPSA) is 128 Å². The maximum atomic E-state index is 13.9. The van der Waals surface area contributed by atoms with Crippen molar-refractivity contribution in [1.29, 1.82) is 0 Å². The first kappa shape index (κ1) is 28.9. The fourth-order valence-corrected chi connectivity index (χ4v) is 6.77. The Labute approximate surface area is 235 Å². The van der Waals surface area contributed by atoms with Gasteiger partial charge in [0.25, 0.3) is 23.4 Å². The van der Waals surface area contributed by atoms with Crippen molar-refractivity contribution < 1.29 is 37.1 Å². The number of carbonyl (C=O) groups is 5. The number of carbonyl (C=O) groups excluding carboxylic acids is 5. The molecule has 0 aromatic rings. The van der Waals surface area contributed by atoms with Crippen LogP contribution >= 0.6 is 11.6 Å². The molecule has 0 radical (unpaired) electrons. The monoisotopic (exact) mass is 589 g/mol. The van der Waals surface area contributed by atoms with Gasteiger partial charge in [-0.3, -0.25) is 29.4 Å². The molecule has 5 amide bonds. The quantitative estimate of drug-likeness (QED) is 0.305. The molecule has 3 saturated carbocycles. The van der Waals surface area contributed by atoms with Gasteiger partial charge in [-0.25, -0.2) is 18.2 Å². The summed E-state index contributed by atoms with van der Waals surface area (Å²) >= 11 is 5.43. The molecule has 0 aromatic carbocycles. The second kappa shape index (κ2) is 10.1. The molecule has 2 saturated heterocycles. The lowest BCUT2D eigenvalue weighted by Crippen LogP contribution is -2.61. The number of fused-ring (bicyclic) bond motifs is 2. The van der Waals surface area contributed by atoms with Crippen molar-refractivity contribution in [3.63, 3.8) is 0 Å². The van der Waals surface area contributed by atoms with Gasteiger partial charge in [-0.15, -0.1) is 0 Å². The third-order valence-corrected chi connectivity index (χ3v) is 9.27. The van der Waals surface area contributed by atoms with Gasteiger partial charge in [0.05, 0.1) is 12.5 Å². The van der Waals surface area contributed by atoms with E-state index in [0.29, 0.717) is 6.42 Å². The second-order valence-electron chi connectivity index (χ2n) is 13.0. The molecular weight excluding hydrogens is 555 g/mol. The van der Waals surface area contributed by atoms with E-state index in [1.807, 2.05) is 0 Å². The van der Waals surface area contributed by atoms with Crippen LogP contribution in [-0.2, 0) is 24.0 Å². The van der Waals surface area contributed by atoms with Crippen LogP contribution in [0.5, 0.6) is 0 Å². The fourth-order valence-electron chi connectivity index (χ4n) is 6.66. The van der Waals surface area contributed by atoms with Gasteiger partial charge in [-0.2, -0.15) is 0 Å². The zero-order valence-corrected chi connectivity index (χ0v) is 23.3. The van der Waals surface area contributed by atoms with E-state index in [4.69, 9.17) is 11.6 Å². The largest absolute Gasteiger partial charge is 0.353 e. The molecular formula is C26H35ClF3N5O5. The highest BCUT2D eigenvalue weighted by molar-refractivity contribution is 6.29. The molecule has 0 unspecified atom stereocenters. The molecule has 0 spiro atoms. The molecule has 2 heterocycles. The van der Waals surface area contributed by atoms with Crippen LogP contribution in [0.1, 0.15) is 52.9 Å². The van der Waals surface area contributed by atoms with Crippen molar-refractivity contribution in [2.75, 3.05) is 13.1 Å². The zero-order valence-electron chi connectivity index (χ0n) is 22.6. The van der Waals surface area contributed by atoms with Crippen LogP contribution in [0.15, 0.2) is 0 Å². The zero-order chi connectivity index (χ0) is 29.3. The van der Waals surface area contributed by atoms with Gasteiger partial charge < -0.3 is 15.5 Å². The highest BCUT2D eigenvalue weighted by Crippen LogP contribution is 2.49. The van der Waals surface area contributed by atoms with Crippen LogP contribution in [-0.4, -0.2) is 82.2 Å². The third-order valence-electron chi connectivity index (χ3n) is 9.08. The summed E-state index contributed by atoms with van der Waals surface area (Å²) in [5.41, 5.74) is -0.882. The summed E-state index contributed by atoms with van der Waals surface area (Å²) in [6.07, 6.45) is 2.38. The summed E-state index contributed by atoms with van der Waals surface area (Å²) < 4.78 is 41.0.